The third-order valence-electron chi connectivity index (χ3n) is 3.86. The number of likely N-dealkylation sites (N-methyl/N-ethyl adjacent to an activating group) is 1. The minimum Gasteiger partial charge on any atom is -0.309 e. The molecule has 2 nitrogen and oxygen atoms in total. The van der Waals surface area contributed by atoms with E-state index in [9.17, 15) is 0 Å². The van der Waals surface area contributed by atoms with Gasteiger partial charge in [0.15, 0.2) is 0 Å². The highest BCUT2D eigenvalue weighted by molar-refractivity contribution is 5.33. The lowest BCUT2D eigenvalue weighted by Crippen LogP contribution is -2.45. The third kappa shape index (κ3) is 4.32. The number of rotatable bonds is 6. The van der Waals surface area contributed by atoms with E-state index in [1.54, 1.807) is 0 Å². The van der Waals surface area contributed by atoms with Crippen LogP contribution in [0, 0.1) is 5.92 Å². The predicted molar refractivity (Wildman–Crippen MR) is 82.6 cm³/mol. The molecule has 19 heavy (non-hydrogen) atoms. The van der Waals surface area contributed by atoms with Crippen molar-refractivity contribution in [2.75, 3.05) is 20.6 Å². The summed E-state index contributed by atoms with van der Waals surface area (Å²) in [6, 6.07) is 10.1. The molecule has 0 amide bonds. The van der Waals surface area contributed by atoms with Crippen LogP contribution in [0.4, 0.5) is 0 Å². The maximum absolute atomic E-state index is 3.88. The van der Waals surface area contributed by atoms with E-state index in [0.717, 1.165) is 12.5 Å². The molecule has 1 N–H and O–H groups in total. The third-order valence-corrected chi connectivity index (χ3v) is 3.86. The van der Waals surface area contributed by atoms with Gasteiger partial charge in [0.05, 0.1) is 0 Å². The molecular formula is C17H28N2. The van der Waals surface area contributed by atoms with Crippen molar-refractivity contribution >= 4 is 0 Å². The quantitative estimate of drug-likeness (QED) is 0.846. The molecule has 1 aromatic rings. The average Bonchev–Trinajstić information content (AvgIpc) is 2.68. The van der Waals surface area contributed by atoms with Crippen molar-refractivity contribution in [2.45, 2.75) is 45.2 Å². The molecule has 106 valence electrons. The van der Waals surface area contributed by atoms with Crippen molar-refractivity contribution in [2.24, 2.45) is 5.92 Å². The molecule has 1 aliphatic carbocycles. The highest BCUT2D eigenvalue weighted by Crippen LogP contribution is 2.22. The zero-order valence-corrected chi connectivity index (χ0v) is 12.8. The first-order chi connectivity index (χ1) is 9.04. The topological polar surface area (TPSA) is 15.3 Å². The van der Waals surface area contributed by atoms with Crippen LogP contribution in [-0.2, 0) is 12.8 Å². The molecule has 1 unspecified atom stereocenters. The fraction of sp³-hybridized carbons (Fsp3) is 0.647. The molecule has 1 aliphatic rings. The monoisotopic (exact) mass is 260 g/mol. The second-order valence-corrected chi connectivity index (χ2v) is 6.63. The van der Waals surface area contributed by atoms with Crippen molar-refractivity contribution in [3.63, 3.8) is 0 Å². The van der Waals surface area contributed by atoms with Crippen LogP contribution < -0.4 is 5.32 Å². The molecule has 0 radical (unpaired) electrons. The second kappa shape index (κ2) is 6.53. The van der Waals surface area contributed by atoms with Crippen molar-refractivity contribution < 1.29 is 0 Å². The Hall–Kier alpha value is -0.860. The molecule has 0 bridgehead atoms. The molecule has 2 heteroatoms. The number of nitrogens with zero attached hydrogens (tertiary/aromatic N) is 1. The van der Waals surface area contributed by atoms with Crippen LogP contribution in [0.25, 0.3) is 0 Å². The molecular weight excluding hydrogens is 232 g/mol. The Morgan fingerprint density at radius 3 is 2.21 bits per heavy atom. The van der Waals surface area contributed by atoms with Crippen LogP contribution in [0.3, 0.4) is 0 Å². The first-order valence-electron chi connectivity index (χ1n) is 7.52. The van der Waals surface area contributed by atoms with E-state index in [1.807, 2.05) is 0 Å². The van der Waals surface area contributed by atoms with Crippen molar-refractivity contribution in [1.82, 2.24) is 10.2 Å². The lowest BCUT2D eigenvalue weighted by Gasteiger charge is -2.27. The number of fused-ring (bicyclic) bond motifs is 1. The van der Waals surface area contributed by atoms with Gasteiger partial charge in [0, 0.05) is 18.6 Å². The zero-order valence-electron chi connectivity index (χ0n) is 12.8. The van der Waals surface area contributed by atoms with Crippen LogP contribution in [0.5, 0.6) is 0 Å². The number of nitrogens with one attached hydrogen (secondary N) is 1. The van der Waals surface area contributed by atoms with E-state index in [2.05, 4.69) is 62.4 Å². The molecule has 1 aromatic carbocycles. The molecule has 0 heterocycles. The minimum atomic E-state index is 0.606. The Morgan fingerprint density at radius 2 is 1.74 bits per heavy atom. The summed E-state index contributed by atoms with van der Waals surface area (Å²) in [7, 11) is 4.33. The summed E-state index contributed by atoms with van der Waals surface area (Å²) in [5, 5.41) is 3.88. The van der Waals surface area contributed by atoms with Gasteiger partial charge in [0.2, 0.25) is 0 Å². The van der Waals surface area contributed by atoms with Gasteiger partial charge in [0.25, 0.3) is 0 Å². The summed E-state index contributed by atoms with van der Waals surface area (Å²) in [6.45, 7) is 5.76. The van der Waals surface area contributed by atoms with E-state index >= 15 is 0 Å². The number of hydrogen-bond donors (Lipinski definition) is 1. The van der Waals surface area contributed by atoms with E-state index in [4.69, 9.17) is 0 Å². The van der Waals surface area contributed by atoms with E-state index in [-0.39, 0.29) is 0 Å². The van der Waals surface area contributed by atoms with Crippen LogP contribution >= 0.6 is 0 Å². The molecule has 0 spiro atoms. The highest BCUT2D eigenvalue weighted by atomic mass is 15.1. The van der Waals surface area contributed by atoms with Gasteiger partial charge in [-0.15, -0.1) is 0 Å². The molecule has 0 aromatic heterocycles. The van der Waals surface area contributed by atoms with Crippen LogP contribution in [0.1, 0.15) is 31.4 Å². The lowest BCUT2D eigenvalue weighted by molar-refractivity contribution is 0.287. The van der Waals surface area contributed by atoms with Gasteiger partial charge < -0.3 is 10.2 Å². The van der Waals surface area contributed by atoms with Crippen molar-refractivity contribution in [3.05, 3.63) is 35.4 Å². The molecule has 0 saturated carbocycles. The SMILES string of the molecule is CC(C)CC(CN(C)C)NC1Cc2ccccc2C1. The summed E-state index contributed by atoms with van der Waals surface area (Å²) in [5.74, 6) is 0.751. The van der Waals surface area contributed by atoms with Gasteiger partial charge in [0.1, 0.15) is 0 Å². The molecule has 0 fully saturated rings. The summed E-state index contributed by atoms with van der Waals surface area (Å²) < 4.78 is 0. The fourth-order valence-corrected chi connectivity index (χ4v) is 3.22. The largest absolute Gasteiger partial charge is 0.309 e. The van der Waals surface area contributed by atoms with E-state index < -0.39 is 0 Å². The van der Waals surface area contributed by atoms with Gasteiger partial charge in [-0.05, 0) is 50.4 Å². The van der Waals surface area contributed by atoms with Crippen molar-refractivity contribution in [3.8, 4) is 0 Å². The molecule has 0 aliphatic heterocycles. The fourth-order valence-electron chi connectivity index (χ4n) is 3.22. The molecule has 2 rings (SSSR count). The van der Waals surface area contributed by atoms with Gasteiger partial charge >= 0.3 is 0 Å². The maximum atomic E-state index is 3.88. The summed E-state index contributed by atoms with van der Waals surface area (Å²) >= 11 is 0. The Labute approximate surface area is 118 Å². The first-order valence-corrected chi connectivity index (χ1v) is 7.52. The summed E-state index contributed by atoms with van der Waals surface area (Å²) in [4.78, 5) is 2.29. The van der Waals surface area contributed by atoms with E-state index in [1.165, 1.54) is 30.4 Å². The Bertz CT molecular complexity index is 363. The summed E-state index contributed by atoms with van der Waals surface area (Å²) in [6.07, 6.45) is 3.64. The number of benzene rings is 1. The second-order valence-electron chi connectivity index (χ2n) is 6.63. The standard InChI is InChI=1S/C17H28N2/c1-13(2)9-17(12-19(3)4)18-16-10-14-7-5-6-8-15(14)11-16/h5-8,13,16-18H,9-12H2,1-4H3. The van der Waals surface area contributed by atoms with Crippen LogP contribution in [0.15, 0.2) is 24.3 Å². The van der Waals surface area contributed by atoms with Gasteiger partial charge in [-0.3, -0.25) is 0 Å². The smallest absolute Gasteiger partial charge is 0.0200 e. The molecule has 0 saturated heterocycles. The van der Waals surface area contributed by atoms with Crippen LogP contribution in [-0.4, -0.2) is 37.6 Å². The zero-order chi connectivity index (χ0) is 13.8. The average molecular weight is 260 g/mol. The lowest BCUT2D eigenvalue weighted by atomic mass is 10.0. The number of hydrogen-bond acceptors (Lipinski definition) is 2. The minimum absolute atomic E-state index is 0.606. The predicted octanol–water partition coefficient (Wildman–Crippen LogP) is 2.72. The molecule has 1 atom stereocenters. The summed E-state index contributed by atoms with van der Waals surface area (Å²) in [5.41, 5.74) is 3.07. The van der Waals surface area contributed by atoms with Crippen LogP contribution in [0.2, 0.25) is 0 Å². The highest BCUT2D eigenvalue weighted by Gasteiger charge is 2.23. The maximum Gasteiger partial charge on any atom is 0.0200 e. The Kier molecular flexibility index (Phi) is 5.00. The Balaban J connectivity index is 1.92. The van der Waals surface area contributed by atoms with E-state index in [0.29, 0.717) is 12.1 Å². The van der Waals surface area contributed by atoms with Gasteiger partial charge in [-0.2, -0.15) is 0 Å². The van der Waals surface area contributed by atoms with Gasteiger partial charge in [-0.1, -0.05) is 38.1 Å². The Morgan fingerprint density at radius 1 is 1.16 bits per heavy atom. The normalized spacial score (nSPS) is 17.2. The first kappa shape index (κ1) is 14.5. The van der Waals surface area contributed by atoms with Crippen molar-refractivity contribution in [1.29, 1.82) is 0 Å². The van der Waals surface area contributed by atoms with Gasteiger partial charge in [-0.25, -0.2) is 0 Å².